The first-order valence-electron chi connectivity index (χ1n) is 8.94. The third-order valence-corrected chi connectivity index (χ3v) is 4.73. The zero-order valence-corrected chi connectivity index (χ0v) is 15.4. The summed E-state index contributed by atoms with van der Waals surface area (Å²) in [5.41, 5.74) is -0.159. The predicted octanol–water partition coefficient (Wildman–Crippen LogP) is 0.251. The third-order valence-electron chi connectivity index (χ3n) is 4.73. The maximum Gasteiger partial charge on any atom is 0.266 e. The van der Waals surface area contributed by atoms with Gasteiger partial charge in [0, 0.05) is 37.0 Å². The van der Waals surface area contributed by atoms with Gasteiger partial charge in [-0.25, -0.2) is 4.68 Å². The minimum atomic E-state index is -0.942. The van der Waals surface area contributed by atoms with Gasteiger partial charge in [-0.2, -0.15) is 5.10 Å². The Morgan fingerprint density at radius 1 is 1.24 bits per heavy atom. The fourth-order valence-corrected chi connectivity index (χ4v) is 3.34. The molecular formula is C18H29N3O4. The van der Waals surface area contributed by atoms with E-state index in [-0.39, 0.29) is 11.0 Å². The Kier molecular flexibility index (Phi) is 5.29. The quantitative estimate of drug-likeness (QED) is 0.838. The molecular weight excluding hydrogens is 322 g/mol. The Labute approximate surface area is 148 Å². The summed E-state index contributed by atoms with van der Waals surface area (Å²) in [4.78, 5) is 14.3. The topological polar surface area (TPSA) is 76.8 Å². The van der Waals surface area contributed by atoms with E-state index in [2.05, 4.69) is 30.8 Å². The minimum absolute atomic E-state index is 0.0596. The molecule has 0 atom stereocenters. The fraction of sp³-hybridized carbons (Fsp3) is 0.778. The number of nitrogens with zero attached hydrogens (tertiary/aromatic N) is 3. The number of ether oxygens (including phenoxy) is 2. The zero-order valence-electron chi connectivity index (χ0n) is 15.4. The highest BCUT2D eigenvalue weighted by atomic mass is 16.6. The molecule has 0 radical (unpaired) electrons. The molecule has 3 heterocycles. The van der Waals surface area contributed by atoms with Gasteiger partial charge in [-0.1, -0.05) is 20.8 Å². The van der Waals surface area contributed by atoms with E-state index < -0.39 is 5.60 Å². The second kappa shape index (κ2) is 7.15. The monoisotopic (exact) mass is 351 g/mol. The van der Waals surface area contributed by atoms with Crippen LogP contribution in [0.1, 0.15) is 26.5 Å². The van der Waals surface area contributed by atoms with E-state index in [1.54, 1.807) is 10.7 Å². The van der Waals surface area contributed by atoms with Crippen molar-refractivity contribution in [1.29, 1.82) is 0 Å². The number of likely N-dealkylation sites (tertiary alicyclic amines) is 1. The van der Waals surface area contributed by atoms with Crippen molar-refractivity contribution < 1.29 is 14.6 Å². The summed E-state index contributed by atoms with van der Waals surface area (Å²) in [6.07, 6.45) is 0. The number of hydrogen-bond donors (Lipinski definition) is 1. The van der Waals surface area contributed by atoms with E-state index in [1.807, 2.05) is 6.07 Å². The maximum absolute atomic E-state index is 12.1. The molecule has 0 spiro atoms. The van der Waals surface area contributed by atoms with E-state index in [0.717, 1.165) is 18.8 Å². The largest absolute Gasteiger partial charge is 0.384 e. The Morgan fingerprint density at radius 2 is 1.88 bits per heavy atom. The van der Waals surface area contributed by atoms with Crippen molar-refractivity contribution in [2.75, 3.05) is 46.1 Å². The lowest BCUT2D eigenvalue weighted by atomic mass is 9.92. The molecule has 0 bridgehead atoms. The average molecular weight is 351 g/mol. The number of β-amino-alcohol motifs (C(OH)–C–C–N with tert-alkyl or cyclic N) is 1. The van der Waals surface area contributed by atoms with Gasteiger partial charge in [-0.15, -0.1) is 0 Å². The van der Waals surface area contributed by atoms with Crippen LogP contribution in [0.25, 0.3) is 0 Å². The van der Waals surface area contributed by atoms with Crippen LogP contribution >= 0.6 is 0 Å². The normalized spacial score (nSPS) is 22.4. The molecule has 2 aliphatic rings. The molecule has 0 saturated carbocycles. The molecule has 1 N–H and O–H groups in total. The highest BCUT2D eigenvalue weighted by Crippen LogP contribution is 2.22. The smallest absolute Gasteiger partial charge is 0.266 e. The van der Waals surface area contributed by atoms with Gasteiger partial charge in [0.2, 0.25) is 0 Å². The molecule has 2 aliphatic heterocycles. The average Bonchev–Trinajstić information content (AvgIpc) is 2.70. The minimum Gasteiger partial charge on any atom is -0.384 e. The summed E-state index contributed by atoms with van der Waals surface area (Å²) < 4.78 is 12.4. The van der Waals surface area contributed by atoms with Crippen LogP contribution in [-0.2, 0) is 21.4 Å². The molecule has 7 heteroatoms. The molecule has 0 aromatic carbocycles. The van der Waals surface area contributed by atoms with Gasteiger partial charge in [0.1, 0.15) is 5.60 Å². The number of aliphatic hydroxyl groups is 1. The SMILES string of the molecule is CC(C)(C)c1ccc(=O)n(CC2CN(CC3(O)COCCOC3)C2)n1. The molecule has 2 saturated heterocycles. The summed E-state index contributed by atoms with van der Waals surface area (Å²) in [5.74, 6) is 0.372. The van der Waals surface area contributed by atoms with Gasteiger partial charge >= 0.3 is 0 Å². The van der Waals surface area contributed by atoms with E-state index >= 15 is 0 Å². The van der Waals surface area contributed by atoms with Crippen LogP contribution < -0.4 is 5.56 Å². The summed E-state index contributed by atoms with van der Waals surface area (Å²) in [6.45, 7) is 10.8. The van der Waals surface area contributed by atoms with Gasteiger partial charge < -0.3 is 14.6 Å². The summed E-state index contributed by atoms with van der Waals surface area (Å²) >= 11 is 0. The number of aromatic nitrogens is 2. The van der Waals surface area contributed by atoms with Crippen molar-refractivity contribution in [2.45, 2.75) is 38.3 Å². The second-order valence-corrected chi connectivity index (χ2v) is 8.38. The van der Waals surface area contributed by atoms with Crippen LogP contribution in [0.3, 0.4) is 0 Å². The van der Waals surface area contributed by atoms with Crippen molar-refractivity contribution in [3.8, 4) is 0 Å². The van der Waals surface area contributed by atoms with E-state index in [1.165, 1.54) is 0 Å². The Bertz CT molecular complexity index is 638. The Hall–Kier alpha value is -1.28. The van der Waals surface area contributed by atoms with Gasteiger partial charge in [-0.05, 0) is 6.07 Å². The van der Waals surface area contributed by atoms with Crippen LogP contribution in [0.15, 0.2) is 16.9 Å². The molecule has 25 heavy (non-hydrogen) atoms. The lowest BCUT2D eigenvalue weighted by Gasteiger charge is -2.43. The van der Waals surface area contributed by atoms with E-state index in [9.17, 15) is 9.90 Å². The molecule has 140 valence electrons. The molecule has 0 amide bonds. The highest BCUT2D eigenvalue weighted by Gasteiger charge is 2.37. The zero-order chi connectivity index (χ0) is 18.1. The first kappa shape index (κ1) is 18.5. The molecule has 3 rings (SSSR count). The summed E-state index contributed by atoms with van der Waals surface area (Å²) in [6, 6.07) is 3.42. The van der Waals surface area contributed by atoms with Crippen molar-refractivity contribution in [1.82, 2.24) is 14.7 Å². The lowest BCUT2D eigenvalue weighted by molar-refractivity contribution is -0.0921. The van der Waals surface area contributed by atoms with E-state index in [4.69, 9.17) is 9.47 Å². The Balaban J connectivity index is 1.54. The van der Waals surface area contributed by atoms with Crippen molar-refractivity contribution in [3.63, 3.8) is 0 Å². The molecule has 0 aliphatic carbocycles. The summed E-state index contributed by atoms with van der Waals surface area (Å²) in [5, 5.41) is 15.1. The van der Waals surface area contributed by atoms with Crippen molar-refractivity contribution in [3.05, 3.63) is 28.2 Å². The highest BCUT2D eigenvalue weighted by molar-refractivity contribution is 5.10. The molecule has 0 unspecified atom stereocenters. The van der Waals surface area contributed by atoms with Gasteiger partial charge in [0.25, 0.3) is 5.56 Å². The first-order valence-corrected chi connectivity index (χ1v) is 8.94. The molecule has 7 nitrogen and oxygen atoms in total. The van der Waals surface area contributed by atoms with E-state index in [0.29, 0.717) is 45.4 Å². The maximum atomic E-state index is 12.1. The van der Waals surface area contributed by atoms with Gasteiger partial charge in [0.05, 0.1) is 38.7 Å². The third kappa shape index (κ3) is 4.67. The molecule has 1 aromatic heterocycles. The molecule has 1 aromatic rings. The second-order valence-electron chi connectivity index (χ2n) is 8.38. The van der Waals surface area contributed by atoms with Crippen molar-refractivity contribution in [2.24, 2.45) is 5.92 Å². The van der Waals surface area contributed by atoms with Crippen LogP contribution in [-0.4, -0.2) is 71.4 Å². The molecule has 2 fully saturated rings. The number of rotatable bonds is 4. The van der Waals surface area contributed by atoms with Crippen molar-refractivity contribution >= 4 is 0 Å². The van der Waals surface area contributed by atoms with Crippen LogP contribution in [0.4, 0.5) is 0 Å². The van der Waals surface area contributed by atoms with Gasteiger partial charge in [0.15, 0.2) is 0 Å². The van der Waals surface area contributed by atoms with Gasteiger partial charge in [-0.3, -0.25) is 9.69 Å². The summed E-state index contributed by atoms with van der Waals surface area (Å²) in [7, 11) is 0. The Morgan fingerprint density at radius 3 is 2.48 bits per heavy atom. The first-order chi connectivity index (χ1) is 11.8. The van der Waals surface area contributed by atoms with Crippen LogP contribution in [0.5, 0.6) is 0 Å². The van der Waals surface area contributed by atoms with Crippen LogP contribution in [0.2, 0.25) is 0 Å². The lowest BCUT2D eigenvalue weighted by Crippen LogP contribution is -2.57. The predicted molar refractivity (Wildman–Crippen MR) is 93.7 cm³/mol. The fourth-order valence-electron chi connectivity index (χ4n) is 3.34. The standard InChI is InChI=1S/C18H29N3O4/c1-17(2,3)15-4-5-16(22)21(19-15)10-14-8-20(9-14)11-18(23)12-24-6-7-25-13-18/h4-5,14,23H,6-13H2,1-3H3. The van der Waals surface area contributed by atoms with Crippen LogP contribution in [0, 0.1) is 5.92 Å². The number of hydrogen-bond acceptors (Lipinski definition) is 6.